The van der Waals surface area contributed by atoms with E-state index in [1.165, 1.54) is 5.56 Å². The number of carbonyl (C=O) groups is 1. The van der Waals surface area contributed by atoms with E-state index >= 15 is 0 Å². The van der Waals surface area contributed by atoms with E-state index in [9.17, 15) is 4.79 Å². The summed E-state index contributed by atoms with van der Waals surface area (Å²) in [7, 11) is 0. The maximum atomic E-state index is 12.9. The highest BCUT2D eigenvalue weighted by Gasteiger charge is 2.24. The van der Waals surface area contributed by atoms with Crippen LogP contribution in [0.5, 0.6) is 0 Å². The van der Waals surface area contributed by atoms with Gasteiger partial charge in [-0.2, -0.15) is 11.8 Å². The van der Waals surface area contributed by atoms with Crippen molar-refractivity contribution in [3.8, 4) is 0 Å². The summed E-state index contributed by atoms with van der Waals surface area (Å²) in [5.74, 6) is 3.05. The highest BCUT2D eigenvalue weighted by Crippen LogP contribution is 2.19. The van der Waals surface area contributed by atoms with Gasteiger partial charge < -0.3 is 15.0 Å². The average Bonchev–Trinajstić information content (AvgIpc) is 2.64. The first-order chi connectivity index (χ1) is 11.8. The third-order valence-corrected chi connectivity index (χ3v) is 5.94. The van der Waals surface area contributed by atoms with Crippen LogP contribution >= 0.6 is 11.8 Å². The van der Waals surface area contributed by atoms with Gasteiger partial charge in [-0.1, -0.05) is 30.3 Å². The molecule has 5 heteroatoms. The van der Waals surface area contributed by atoms with Crippen LogP contribution in [0, 0.1) is 5.92 Å². The van der Waals surface area contributed by atoms with Crippen molar-refractivity contribution in [3.05, 3.63) is 35.9 Å². The minimum absolute atomic E-state index is 0.283. The number of amides is 1. The van der Waals surface area contributed by atoms with Crippen LogP contribution in [0.3, 0.4) is 0 Å². The van der Waals surface area contributed by atoms with Crippen LogP contribution in [-0.2, 0) is 16.1 Å². The van der Waals surface area contributed by atoms with E-state index in [-0.39, 0.29) is 5.91 Å². The lowest BCUT2D eigenvalue weighted by atomic mass is 9.99. The molecule has 0 saturated carbocycles. The van der Waals surface area contributed by atoms with Gasteiger partial charge in [0.1, 0.15) is 0 Å². The Hall–Kier alpha value is -1.04. The maximum Gasteiger partial charge on any atom is 0.224 e. The fourth-order valence-electron chi connectivity index (χ4n) is 3.39. The normalized spacial score (nSPS) is 22.2. The molecule has 2 aliphatic heterocycles. The Morgan fingerprint density at radius 1 is 1.25 bits per heavy atom. The molecule has 1 aromatic rings. The summed E-state index contributed by atoms with van der Waals surface area (Å²) >= 11 is 1.95. The molecule has 3 rings (SSSR count). The van der Waals surface area contributed by atoms with Gasteiger partial charge in [-0.15, -0.1) is 0 Å². The summed E-state index contributed by atoms with van der Waals surface area (Å²) in [4.78, 5) is 15.0. The summed E-state index contributed by atoms with van der Waals surface area (Å²) in [5.41, 5.74) is 1.21. The lowest BCUT2D eigenvalue weighted by molar-refractivity contribution is -0.133. The van der Waals surface area contributed by atoms with Crippen molar-refractivity contribution in [3.63, 3.8) is 0 Å². The zero-order valence-electron chi connectivity index (χ0n) is 14.3. The second-order valence-corrected chi connectivity index (χ2v) is 7.90. The predicted octanol–water partition coefficient (Wildman–Crippen LogP) is 2.54. The monoisotopic (exact) mass is 348 g/mol. The maximum absolute atomic E-state index is 12.9. The fourth-order valence-corrected chi connectivity index (χ4v) is 4.34. The number of thioether (sulfide) groups is 1. The molecule has 0 bridgehead atoms. The molecule has 0 radical (unpaired) electrons. The number of carbonyl (C=O) groups excluding carboxylic acids is 1. The van der Waals surface area contributed by atoms with E-state index in [0.29, 0.717) is 18.4 Å². The van der Waals surface area contributed by atoms with Crippen LogP contribution in [0.4, 0.5) is 0 Å². The molecule has 2 heterocycles. The molecule has 0 aromatic heterocycles. The molecule has 132 valence electrons. The van der Waals surface area contributed by atoms with Crippen molar-refractivity contribution in [2.24, 2.45) is 5.92 Å². The first-order valence-electron chi connectivity index (χ1n) is 9.02. The quantitative estimate of drug-likeness (QED) is 0.858. The van der Waals surface area contributed by atoms with E-state index in [1.54, 1.807) is 0 Å². The number of rotatable bonds is 6. The first kappa shape index (κ1) is 17.8. The van der Waals surface area contributed by atoms with Crippen LogP contribution in [0.2, 0.25) is 0 Å². The summed E-state index contributed by atoms with van der Waals surface area (Å²) in [5, 5.41) is 3.48. The van der Waals surface area contributed by atoms with Crippen LogP contribution < -0.4 is 5.32 Å². The number of benzene rings is 1. The number of hydrogen-bond acceptors (Lipinski definition) is 4. The zero-order chi connectivity index (χ0) is 16.6. The van der Waals surface area contributed by atoms with E-state index in [4.69, 9.17) is 4.74 Å². The third kappa shape index (κ3) is 5.50. The first-order valence-corrected chi connectivity index (χ1v) is 10.2. The molecule has 1 N–H and O–H groups in total. The Morgan fingerprint density at radius 3 is 2.75 bits per heavy atom. The fraction of sp³-hybridized carbons (Fsp3) is 0.632. The van der Waals surface area contributed by atoms with Gasteiger partial charge in [0.15, 0.2) is 0 Å². The molecule has 2 fully saturated rings. The van der Waals surface area contributed by atoms with Gasteiger partial charge in [0.25, 0.3) is 0 Å². The SMILES string of the molecule is O=C(CC1CSCCN1)N(Cc1ccccc1)CC1CCOCC1. The van der Waals surface area contributed by atoms with E-state index in [0.717, 1.165) is 57.2 Å². The topological polar surface area (TPSA) is 41.6 Å². The molecule has 0 spiro atoms. The molecular formula is C19H28N2O2S. The van der Waals surface area contributed by atoms with Gasteiger partial charge in [-0.25, -0.2) is 0 Å². The number of hydrogen-bond donors (Lipinski definition) is 1. The van der Waals surface area contributed by atoms with Crippen molar-refractivity contribution in [1.29, 1.82) is 0 Å². The van der Waals surface area contributed by atoms with Gasteiger partial charge in [0, 0.05) is 56.8 Å². The van der Waals surface area contributed by atoms with Gasteiger partial charge in [0.2, 0.25) is 5.91 Å². The van der Waals surface area contributed by atoms with Crippen LogP contribution in [0.25, 0.3) is 0 Å². The van der Waals surface area contributed by atoms with E-state index < -0.39 is 0 Å². The Bertz CT molecular complexity index is 499. The van der Waals surface area contributed by atoms with Gasteiger partial charge in [-0.05, 0) is 24.3 Å². The molecular weight excluding hydrogens is 320 g/mol. The summed E-state index contributed by atoms with van der Waals surface area (Å²) in [6, 6.07) is 10.7. The minimum atomic E-state index is 0.283. The molecule has 1 unspecified atom stereocenters. The molecule has 1 amide bonds. The van der Waals surface area contributed by atoms with Crippen molar-refractivity contribution >= 4 is 17.7 Å². The minimum Gasteiger partial charge on any atom is -0.381 e. The number of nitrogens with one attached hydrogen (secondary N) is 1. The van der Waals surface area contributed by atoms with Crippen molar-refractivity contribution in [2.75, 3.05) is 37.8 Å². The predicted molar refractivity (Wildman–Crippen MR) is 99.1 cm³/mol. The lowest BCUT2D eigenvalue weighted by Crippen LogP contribution is -2.44. The zero-order valence-corrected chi connectivity index (χ0v) is 15.1. The molecule has 0 aliphatic carbocycles. The Kier molecular flexibility index (Phi) is 6.99. The second-order valence-electron chi connectivity index (χ2n) is 6.75. The van der Waals surface area contributed by atoms with Crippen LogP contribution in [0.1, 0.15) is 24.8 Å². The highest BCUT2D eigenvalue weighted by atomic mass is 32.2. The molecule has 2 saturated heterocycles. The molecule has 1 atom stereocenters. The summed E-state index contributed by atoms with van der Waals surface area (Å²) in [6.45, 7) is 4.26. The van der Waals surface area contributed by atoms with Gasteiger partial charge in [-0.3, -0.25) is 4.79 Å². The Labute approximate surface area is 149 Å². The Morgan fingerprint density at radius 2 is 2.04 bits per heavy atom. The Balaban J connectivity index is 1.61. The van der Waals surface area contributed by atoms with Gasteiger partial charge >= 0.3 is 0 Å². The standard InChI is InChI=1S/C19H28N2O2S/c22-19(12-18-15-24-11-8-20-18)21(13-16-4-2-1-3-5-16)14-17-6-9-23-10-7-17/h1-5,17-18,20H,6-15H2. The highest BCUT2D eigenvalue weighted by molar-refractivity contribution is 7.99. The molecule has 2 aliphatic rings. The van der Waals surface area contributed by atoms with Crippen LogP contribution in [0.15, 0.2) is 30.3 Å². The third-order valence-electron chi connectivity index (χ3n) is 4.81. The smallest absolute Gasteiger partial charge is 0.224 e. The van der Waals surface area contributed by atoms with Crippen molar-refractivity contribution in [1.82, 2.24) is 10.2 Å². The molecule has 1 aromatic carbocycles. The summed E-state index contributed by atoms with van der Waals surface area (Å²) < 4.78 is 5.47. The van der Waals surface area contributed by atoms with Gasteiger partial charge in [0.05, 0.1) is 0 Å². The largest absolute Gasteiger partial charge is 0.381 e. The van der Waals surface area contributed by atoms with Crippen LogP contribution in [-0.4, -0.2) is 54.7 Å². The molecule has 24 heavy (non-hydrogen) atoms. The lowest BCUT2D eigenvalue weighted by Gasteiger charge is -2.32. The number of ether oxygens (including phenoxy) is 1. The van der Waals surface area contributed by atoms with Crippen molar-refractivity contribution in [2.45, 2.75) is 31.8 Å². The summed E-state index contributed by atoms with van der Waals surface area (Å²) in [6.07, 6.45) is 2.75. The average molecular weight is 349 g/mol. The number of nitrogens with zero attached hydrogens (tertiary/aromatic N) is 1. The van der Waals surface area contributed by atoms with Crippen molar-refractivity contribution < 1.29 is 9.53 Å². The van der Waals surface area contributed by atoms with E-state index in [2.05, 4.69) is 22.3 Å². The second kappa shape index (κ2) is 9.44. The molecule has 4 nitrogen and oxygen atoms in total. The van der Waals surface area contributed by atoms with E-state index in [1.807, 2.05) is 30.0 Å².